The SMILES string of the molecule is CC(CN1CCCCC1)N=C(N)N. The van der Waals surface area contributed by atoms with Crippen LogP contribution in [0, 0.1) is 0 Å². The van der Waals surface area contributed by atoms with E-state index < -0.39 is 0 Å². The van der Waals surface area contributed by atoms with Crippen molar-refractivity contribution in [1.29, 1.82) is 0 Å². The summed E-state index contributed by atoms with van der Waals surface area (Å²) >= 11 is 0. The van der Waals surface area contributed by atoms with Crippen LogP contribution in [0.4, 0.5) is 0 Å². The number of piperidine rings is 1. The highest BCUT2D eigenvalue weighted by molar-refractivity contribution is 5.75. The average molecular weight is 184 g/mol. The van der Waals surface area contributed by atoms with Gasteiger partial charge in [-0.3, -0.25) is 0 Å². The Morgan fingerprint density at radius 2 is 1.92 bits per heavy atom. The molecule has 1 aliphatic rings. The third-order valence-electron chi connectivity index (χ3n) is 2.34. The Bertz CT molecular complexity index is 168. The number of hydrogen-bond acceptors (Lipinski definition) is 2. The first-order valence-electron chi connectivity index (χ1n) is 4.99. The molecule has 0 bridgehead atoms. The monoisotopic (exact) mass is 184 g/mol. The highest BCUT2D eigenvalue weighted by Gasteiger charge is 2.12. The Kier molecular flexibility index (Phi) is 4.02. The molecule has 0 spiro atoms. The van der Waals surface area contributed by atoms with Gasteiger partial charge in [0.15, 0.2) is 5.96 Å². The normalized spacial score (nSPS) is 21.0. The maximum atomic E-state index is 5.31. The molecule has 0 aromatic rings. The molecule has 13 heavy (non-hydrogen) atoms. The summed E-state index contributed by atoms with van der Waals surface area (Å²) in [4.78, 5) is 6.53. The van der Waals surface area contributed by atoms with Crippen molar-refractivity contribution in [3.05, 3.63) is 0 Å². The summed E-state index contributed by atoms with van der Waals surface area (Å²) < 4.78 is 0. The van der Waals surface area contributed by atoms with E-state index in [1.54, 1.807) is 0 Å². The van der Waals surface area contributed by atoms with E-state index in [0.717, 1.165) is 6.54 Å². The van der Waals surface area contributed by atoms with Crippen LogP contribution in [0.15, 0.2) is 4.99 Å². The first-order valence-corrected chi connectivity index (χ1v) is 4.99. The smallest absolute Gasteiger partial charge is 0.186 e. The zero-order chi connectivity index (χ0) is 9.68. The third kappa shape index (κ3) is 4.12. The maximum Gasteiger partial charge on any atom is 0.186 e. The maximum absolute atomic E-state index is 5.31. The summed E-state index contributed by atoms with van der Waals surface area (Å²) in [6.45, 7) is 5.43. The lowest BCUT2D eigenvalue weighted by molar-refractivity contribution is 0.220. The van der Waals surface area contributed by atoms with E-state index in [0.29, 0.717) is 0 Å². The molecule has 1 fully saturated rings. The van der Waals surface area contributed by atoms with Crippen molar-refractivity contribution in [2.24, 2.45) is 16.5 Å². The lowest BCUT2D eigenvalue weighted by Gasteiger charge is -2.27. The predicted molar refractivity (Wildman–Crippen MR) is 55.6 cm³/mol. The van der Waals surface area contributed by atoms with Gasteiger partial charge in [-0.2, -0.15) is 0 Å². The second kappa shape index (κ2) is 5.07. The summed E-state index contributed by atoms with van der Waals surface area (Å²) in [6.07, 6.45) is 4.00. The van der Waals surface area contributed by atoms with Crippen molar-refractivity contribution >= 4 is 5.96 Å². The lowest BCUT2D eigenvalue weighted by atomic mass is 10.1. The van der Waals surface area contributed by atoms with E-state index in [-0.39, 0.29) is 12.0 Å². The molecule has 1 heterocycles. The number of aliphatic imine (C=N–C) groups is 1. The minimum atomic E-state index is 0.199. The summed E-state index contributed by atoms with van der Waals surface area (Å²) in [5.74, 6) is 0.199. The number of guanidine groups is 1. The lowest BCUT2D eigenvalue weighted by Crippen LogP contribution is -2.36. The van der Waals surface area contributed by atoms with Gasteiger partial charge in [0.2, 0.25) is 0 Å². The van der Waals surface area contributed by atoms with Crippen LogP contribution >= 0.6 is 0 Å². The fraction of sp³-hybridized carbons (Fsp3) is 0.889. The van der Waals surface area contributed by atoms with Crippen LogP contribution in [0.5, 0.6) is 0 Å². The van der Waals surface area contributed by atoms with Gasteiger partial charge in [0.25, 0.3) is 0 Å². The quantitative estimate of drug-likeness (QED) is 0.484. The van der Waals surface area contributed by atoms with E-state index in [2.05, 4.69) is 9.89 Å². The van der Waals surface area contributed by atoms with Gasteiger partial charge in [-0.15, -0.1) is 0 Å². The molecule has 0 aliphatic carbocycles. The molecule has 1 atom stereocenters. The summed E-state index contributed by atoms with van der Waals surface area (Å²) in [5.41, 5.74) is 10.6. The minimum Gasteiger partial charge on any atom is -0.370 e. The molecule has 4 heteroatoms. The molecule has 4 N–H and O–H groups in total. The van der Waals surface area contributed by atoms with Crippen LogP contribution in [0.2, 0.25) is 0 Å². The number of nitrogens with two attached hydrogens (primary N) is 2. The fourth-order valence-electron chi connectivity index (χ4n) is 1.81. The van der Waals surface area contributed by atoms with Crippen molar-refractivity contribution in [2.75, 3.05) is 19.6 Å². The van der Waals surface area contributed by atoms with E-state index in [1.165, 1.54) is 32.4 Å². The van der Waals surface area contributed by atoms with Gasteiger partial charge in [-0.1, -0.05) is 6.42 Å². The Morgan fingerprint density at radius 1 is 1.31 bits per heavy atom. The van der Waals surface area contributed by atoms with Gasteiger partial charge in [-0.25, -0.2) is 4.99 Å². The molecule has 4 nitrogen and oxygen atoms in total. The first-order chi connectivity index (χ1) is 6.18. The Hall–Kier alpha value is -0.770. The molecule has 0 saturated carbocycles. The van der Waals surface area contributed by atoms with Gasteiger partial charge in [0.1, 0.15) is 0 Å². The van der Waals surface area contributed by atoms with Gasteiger partial charge >= 0.3 is 0 Å². The van der Waals surface area contributed by atoms with E-state index in [1.807, 2.05) is 6.92 Å². The standard InChI is InChI=1S/C9H20N4/c1-8(12-9(10)11)7-13-5-3-2-4-6-13/h8H,2-7H2,1H3,(H4,10,11,12). The summed E-state index contributed by atoms with van der Waals surface area (Å²) in [6, 6.07) is 0.225. The molecule has 0 radical (unpaired) electrons. The van der Waals surface area contributed by atoms with Gasteiger partial charge < -0.3 is 16.4 Å². The van der Waals surface area contributed by atoms with Crippen LogP contribution in [-0.2, 0) is 0 Å². The number of nitrogens with zero attached hydrogens (tertiary/aromatic N) is 2. The number of hydrogen-bond donors (Lipinski definition) is 2. The van der Waals surface area contributed by atoms with Crippen molar-refractivity contribution in [1.82, 2.24) is 4.90 Å². The van der Waals surface area contributed by atoms with Gasteiger partial charge in [0, 0.05) is 6.54 Å². The zero-order valence-electron chi connectivity index (χ0n) is 8.37. The molecule has 0 aromatic carbocycles. The molecule has 0 aromatic heterocycles. The number of likely N-dealkylation sites (tertiary alicyclic amines) is 1. The third-order valence-corrected chi connectivity index (χ3v) is 2.34. The van der Waals surface area contributed by atoms with Crippen molar-refractivity contribution in [3.63, 3.8) is 0 Å². The average Bonchev–Trinajstić information content (AvgIpc) is 2.04. The number of rotatable bonds is 3. The van der Waals surface area contributed by atoms with Gasteiger partial charge in [-0.05, 0) is 32.9 Å². The van der Waals surface area contributed by atoms with Crippen LogP contribution in [-0.4, -0.2) is 36.5 Å². The summed E-state index contributed by atoms with van der Waals surface area (Å²) in [5, 5.41) is 0. The Labute approximate surface area is 80.0 Å². The second-order valence-corrected chi connectivity index (χ2v) is 3.76. The Morgan fingerprint density at radius 3 is 2.46 bits per heavy atom. The predicted octanol–water partition coefficient (Wildman–Crippen LogP) is 0.134. The van der Waals surface area contributed by atoms with E-state index in [9.17, 15) is 0 Å². The molecule has 0 amide bonds. The topological polar surface area (TPSA) is 67.6 Å². The molecule has 1 unspecified atom stereocenters. The highest BCUT2D eigenvalue weighted by atomic mass is 15.1. The fourth-order valence-corrected chi connectivity index (χ4v) is 1.81. The largest absolute Gasteiger partial charge is 0.370 e. The van der Waals surface area contributed by atoms with Crippen LogP contribution in [0.25, 0.3) is 0 Å². The van der Waals surface area contributed by atoms with Crippen LogP contribution in [0.1, 0.15) is 26.2 Å². The molecular formula is C9H20N4. The molecule has 1 rings (SSSR count). The Balaban J connectivity index is 2.26. The minimum absolute atomic E-state index is 0.199. The van der Waals surface area contributed by atoms with Crippen LogP contribution in [0.3, 0.4) is 0 Å². The van der Waals surface area contributed by atoms with Crippen LogP contribution < -0.4 is 11.5 Å². The second-order valence-electron chi connectivity index (χ2n) is 3.76. The van der Waals surface area contributed by atoms with E-state index in [4.69, 9.17) is 11.5 Å². The first kappa shape index (κ1) is 10.3. The zero-order valence-corrected chi connectivity index (χ0v) is 8.37. The molecule has 1 aliphatic heterocycles. The molecule has 76 valence electrons. The van der Waals surface area contributed by atoms with E-state index >= 15 is 0 Å². The van der Waals surface area contributed by atoms with Crippen molar-refractivity contribution in [2.45, 2.75) is 32.2 Å². The summed E-state index contributed by atoms with van der Waals surface area (Å²) in [7, 11) is 0. The molecular weight excluding hydrogens is 164 g/mol. The van der Waals surface area contributed by atoms with Crippen molar-refractivity contribution < 1.29 is 0 Å². The van der Waals surface area contributed by atoms with Gasteiger partial charge in [0.05, 0.1) is 6.04 Å². The van der Waals surface area contributed by atoms with Crippen molar-refractivity contribution in [3.8, 4) is 0 Å². The highest BCUT2D eigenvalue weighted by Crippen LogP contribution is 2.09. The molecule has 1 saturated heterocycles.